The van der Waals surface area contributed by atoms with Gasteiger partial charge in [-0.1, -0.05) is 47.1 Å². The van der Waals surface area contributed by atoms with E-state index in [-0.39, 0.29) is 12.2 Å². The summed E-state index contributed by atoms with van der Waals surface area (Å²) in [7, 11) is 1.85. The summed E-state index contributed by atoms with van der Waals surface area (Å²) >= 11 is 13.5. The molecule has 2 aromatic carbocycles. The number of aromatic amines is 1. The van der Waals surface area contributed by atoms with Crippen LogP contribution in [-0.4, -0.2) is 24.7 Å². The molecular formula is C19H15Cl2N5O2S. The van der Waals surface area contributed by atoms with Crippen molar-refractivity contribution in [1.82, 2.24) is 24.7 Å². The standard InChI is InChI=1S/C19H15Cl2N5O2S/c1-26-17(9-28-15-5-3-2-4-13(15)21)24-25-19(26)29-10-16-22-14-8-11(20)6-7-12(14)18(27)23-16/h2-8H,9-10H2,1H3,(H,22,23,27). The fourth-order valence-electron chi connectivity index (χ4n) is 2.66. The Labute approximate surface area is 180 Å². The van der Waals surface area contributed by atoms with Gasteiger partial charge in [0, 0.05) is 12.1 Å². The second kappa shape index (κ2) is 8.44. The first-order valence-electron chi connectivity index (χ1n) is 8.58. The van der Waals surface area contributed by atoms with Crippen LogP contribution >= 0.6 is 35.0 Å². The van der Waals surface area contributed by atoms with Crippen molar-refractivity contribution in [2.45, 2.75) is 17.5 Å². The lowest BCUT2D eigenvalue weighted by atomic mass is 10.2. The highest BCUT2D eigenvalue weighted by Gasteiger charge is 2.12. The lowest BCUT2D eigenvalue weighted by Crippen LogP contribution is -2.11. The smallest absolute Gasteiger partial charge is 0.258 e. The Kier molecular flexibility index (Phi) is 5.75. The second-order valence-electron chi connectivity index (χ2n) is 6.14. The van der Waals surface area contributed by atoms with Crippen molar-refractivity contribution >= 4 is 45.9 Å². The van der Waals surface area contributed by atoms with Crippen LogP contribution in [0, 0.1) is 0 Å². The van der Waals surface area contributed by atoms with Crippen molar-refractivity contribution in [3.63, 3.8) is 0 Å². The second-order valence-corrected chi connectivity index (χ2v) is 7.93. The molecule has 29 heavy (non-hydrogen) atoms. The molecule has 0 aliphatic heterocycles. The van der Waals surface area contributed by atoms with Crippen LogP contribution in [0.15, 0.2) is 52.4 Å². The third-order valence-electron chi connectivity index (χ3n) is 4.17. The number of benzene rings is 2. The van der Waals surface area contributed by atoms with Gasteiger partial charge in [0.25, 0.3) is 5.56 Å². The van der Waals surface area contributed by atoms with Crippen molar-refractivity contribution in [3.8, 4) is 5.75 Å². The maximum absolute atomic E-state index is 12.2. The molecule has 0 amide bonds. The summed E-state index contributed by atoms with van der Waals surface area (Å²) in [6.45, 7) is 0.233. The van der Waals surface area contributed by atoms with Crippen LogP contribution < -0.4 is 10.3 Å². The van der Waals surface area contributed by atoms with Crippen molar-refractivity contribution in [3.05, 3.63) is 74.5 Å². The molecule has 10 heteroatoms. The van der Waals surface area contributed by atoms with E-state index in [9.17, 15) is 4.79 Å². The van der Waals surface area contributed by atoms with Gasteiger partial charge in [0.2, 0.25) is 0 Å². The number of rotatable bonds is 6. The van der Waals surface area contributed by atoms with Gasteiger partial charge < -0.3 is 14.3 Å². The number of nitrogens with one attached hydrogen (secondary N) is 1. The molecular weight excluding hydrogens is 433 g/mol. The fraction of sp³-hybridized carbons (Fsp3) is 0.158. The zero-order valence-electron chi connectivity index (χ0n) is 15.2. The van der Waals surface area contributed by atoms with E-state index in [0.717, 1.165) is 0 Å². The third-order valence-corrected chi connectivity index (χ3v) is 5.75. The van der Waals surface area contributed by atoms with Gasteiger partial charge in [-0.25, -0.2) is 4.98 Å². The van der Waals surface area contributed by atoms with Gasteiger partial charge in [0.15, 0.2) is 11.0 Å². The van der Waals surface area contributed by atoms with Gasteiger partial charge in [0.1, 0.15) is 18.2 Å². The Morgan fingerprint density at radius 2 is 2.00 bits per heavy atom. The van der Waals surface area contributed by atoms with Crippen LogP contribution in [0.3, 0.4) is 0 Å². The molecule has 0 unspecified atom stereocenters. The van der Waals surface area contributed by atoms with Gasteiger partial charge in [-0.05, 0) is 30.3 Å². The normalized spacial score (nSPS) is 11.1. The number of aromatic nitrogens is 5. The van der Waals surface area contributed by atoms with E-state index in [0.29, 0.717) is 49.3 Å². The summed E-state index contributed by atoms with van der Waals surface area (Å²) in [4.78, 5) is 19.5. The SMILES string of the molecule is Cn1c(COc2ccccc2Cl)nnc1SCc1nc2cc(Cl)ccc2c(=O)[nH]1. The number of halogens is 2. The minimum Gasteiger partial charge on any atom is -0.484 e. The Hall–Kier alpha value is -2.55. The zero-order chi connectivity index (χ0) is 20.4. The molecule has 2 aromatic heterocycles. The topological polar surface area (TPSA) is 85.7 Å². The zero-order valence-corrected chi connectivity index (χ0v) is 17.6. The monoisotopic (exact) mass is 447 g/mol. The van der Waals surface area contributed by atoms with E-state index in [1.807, 2.05) is 23.7 Å². The number of ether oxygens (including phenoxy) is 1. The van der Waals surface area contributed by atoms with Gasteiger partial charge in [-0.3, -0.25) is 4.79 Å². The number of hydrogen-bond acceptors (Lipinski definition) is 6. The molecule has 7 nitrogen and oxygen atoms in total. The molecule has 0 fully saturated rings. The molecule has 0 radical (unpaired) electrons. The number of para-hydroxylation sites is 1. The van der Waals surface area contributed by atoms with Gasteiger partial charge >= 0.3 is 0 Å². The highest BCUT2D eigenvalue weighted by molar-refractivity contribution is 7.98. The third kappa shape index (κ3) is 4.39. The summed E-state index contributed by atoms with van der Waals surface area (Å²) in [5, 5.41) is 10.6. The van der Waals surface area contributed by atoms with Crippen LogP contribution in [0.2, 0.25) is 10.0 Å². The van der Waals surface area contributed by atoms with E-state index in [1.54, 1.807) is 30.3 Å². The van der Waals surface area contributed by atoms with Gasteiger partial charge in [0.05, 0.1) is 21.7 Å². The molecule has 0 bridgehead atoms. The Balaban J connectivity index is 1.46. The minimum atomic E-state index is -0.200. The number of thioether (sulfide) groups is 1. The van der Waals surface area contributed by atoms with Gasteiger partial charge in [-0.2, -0.15) is 0 Å². The molecule has 2 heterocycles. The summed E-state index contributed by atoms with van der Waals surface area (Å²) < 4.78 is 7.55. The van der Waals surface area contributed by atoms with E-state index in [1.165, 1.54) is 11.8 Å². The summed E-state index contributed by atoms with van der Waals surface area (Å²) in [6.07, 6.45) is 0. The van der Waals surface area contributed by atoms with E-state index in [4.69, 9.17) is 27.9 Å². The maximum Gasteiger partial charge on any atom is 0.258 e. The first-order valence-corrected chi connectivity index (χ1v) is 10.3. The first kappa shape index (κ1) is 19.8. The number of hydrogen-bond donors (Lipinski definition) is 1. The largest absolute Gasteiger partial charge is 0.484 e. The average molecular weight is 448 g/mol. The number of H-pyrrole nitrogens is 1. The fourth-order valence-corrected chi connectivity index (χ4v) is 3.82. The highest BCUT2D eigenvalue weighted by atomic mass is 35.5. The van der Waals surface area contributed by atoms with Crippen LogP contribution in [0.1, 0.15) is 11.6 Å². The molecule has 1 N–H and O–H groups in total. The van der Waals surface area contributed by atoms with Crippen molar-refractivity contribution in [2.24, 2.45) is 7.05 Å². The highest BCUT2D eigenvalue weighted by Crippen LogP contribution is 2.25. The Morgan fingerprint density at radius 1 is 1.17 bits per heavy atom. The lowest BCUT2D eigenvalue weighted by molar-refractivity contribution is 0.290. The molecule has 0 aliphatic carbocycles. The van der Waals surface area contributed by atoms with Crippen molar-refractivity contribution < 1.29 is 4.74 Å². The predicted octanol–water partition coefficient (Wildman–Crippen LogP) is 4.23. The summed E-state index contributed by atoms with van der Waals surface area (Å²) in [5.74, 6) is 2.20. The molecule has 148 valence electrons. The van der Waals surface area contributed by atoms with Crippen LogP contribution in [0.25, 0.3) is 10.9 Å². The summed E-state index contributed by atoms with van der Waals surface area (Å²) in [6, 6.07) is 12.2. The van der Waals surface area contributed by atoms with Crippen LogP contribution in [0.4, 0.5) is 0 Å². The number of nitrogens with zero attached hydrogens (tertiary/aromatic N) is 4. The molecule has 0 spiro atoms. The van der Waals surface area contributed by atoms with Crippen LogP contribution in [-0.2, 0) is 19.4 Å². The lowest BCUT2D eigenvalue weighted by Gasteiger charge is -2.08. The van der Waals surface area contributed by atoms with E-state index >= 15 is 0 Å². The molecule has 4 aromatic rings. The maximum atomic E-state index is 12.2. The predicted molar refractivity (Wildman–Crippen MR) is 114 cm³/mol. The van der Waals surface area contributed by atoms with Crippen molar-refractivity contribution in [2.75, 3.05) is 0 Å². The molecule has 0 atom stereocenters. The number of fused-ring (bicyclic) bond motifs is 1. The minimum absolute atomic E-state index is 0.200. The van der Waals surface area contributed by atoms with Gasteiger partial charge in [-0.15, -0.1) is 10.2 Å². The van der Waals surface area contributed by atoms with E-state index in [2.05, 4.69) is 20.2 Å². The quantitative estimate of drug-likeness (QED) is 0.445. The molecule has 0 saturated heterocycles. The molecule has 4 rings (SSSR count). The van der Waals surface area contributed by atoms with Crippen LogP contribution in [0.5, 0.6) is 5.75 Å². The molecule has 0 aliphatic rings. The average Bonchev–Trinajstić information content (AvgIpc) is 3.05. The molecule has 0 saturated carbocycles. The Morgan fingerprint density at radius 3 is 2.83 bits per heavy atom. The first-order chi connectivity index (χ1) is 14.0. The van der Waals surface area contributed by atoms with Crippen molar-refractivity contribution in [1.29, 1.82) is 0 Å². The Bertz CT molecular complexity index is 1240. The van der Waals surface area contributed by atoms with E-state index < -0.39 is 0 Å². The summed E-state index contributed by atoms with van der Waals surface area (Å²) in [5.41, 5.74) is 0.359.